The lowest BCUT2D eigenvalue weighted by atomic mass is 9.76. The lowest BCUT2D eigenvalue weighted by Gasteiger charge is -2.36. The molecule has 7 nitrogen and oxygen atoms in total. The van der Waals surface area contributed by atoms with E-state index < -0.39 is 29.5 Å². The highest BCUT2D eigenvalue weighted by Crippen LogP contribution is 2.49. The van der Waals surface area contributed by atoms with Gasteiger partial charge in [0.05, 0.1) is 37.2 Å². The summed E-state index contributed by atoms with van der Waals surface area (Å²) in [5, 5.41) is 4.64. The normalized spacial score (nSPS) is 19.5. The minimum absolute atomic E-state index is 0.0274. The van der Waals surface area contributed by atoms with Gasteiger partial charge in [-0.3, -0.25) is 4.79 Å². The van der Waals surface area contributed by atoms with E-state index in [1.165, 1.54) is 7.11 Å². The molecule has 0 radical (unpaired) electrons. The van der Waals surface area contributed by atoms with Crippen LogP contribution in [-0.2, 0) is 33.7 Å². The Balaban J connectivity index is 1.63. The van der Waals surface area contributed by atoms with E-state index in [0.717, 1.165) is 16.9 Å². The van der Waals surface area contributed by atoms with Crippen molar-refractivity contribution in [3.8, 4) is 5.69 Å². The van der Waals surface area contributed by atoms with Crippen LogP contribution >= 0.6 is 0 Å². The van der Waals surface area contributed by atoms with Gasteiger partial charge >= 0.3 is 12.1 Å². The van der Waals surface area contributed by atoms with Gasteiger partial charge in [0.25, 0.3) is 5.92 Å². The minimum atomic E-state index is -2.65. The van der Waals surface area contributed by atoms with Crippen LogP contribution < -0.4 is 0 Å². The highest BCUT2D eigenvalue weighted by atomic mass is 19.3. The fourth-order valence-corrected chi connectivity index (χ4v) is 4.30. The van der Waals surface area contributed by atoms with Crippen LogP contribution in [0.4, 0.5) is 13.6 Å². The second kappa shape index (κ2) is 8.43. The quantitative estimate of drug-likeness (QED) is 0.632. The van der Waals surface area contributed by atoms with E-state index in [-0.39, 0.29) is 19.4 Å². The summed E-state index contributed by atoms with van der Waals surface area (Å²) in [4.78, 5) is 26.2. The van der Waals surface area contributed by atoms with E-state index in [0.29, 0.717) is 30.6 Å². The summed E-state index contributed by atoms with van der Waals surface area (Å²) in [7, 11) is 1.31. The fourth-order valence-electron chi connectivity index (χ4n) is 4.30. The van der Waals surface area contributed by atoms with E-state index in [9.17, 15) is 18.4 Å². The zero-order chi connectivity index (χ0) is 24.0. The van der Waals surface area contributed by atoms with Crippen LogP contribution in [0.5, 0.6) is 0 Å². The monoisotopic (exact) mass is 461 g/mol. The molecule has 0 spiro atoms. The molecular weight excluding hydrogens is 432 g/mol. The Bertz CT molecular complexity index is 1060. The van der Waals surface area contributed by atoms with Crippen molar-refractivity contribution in [2.75, 3.05) is 13.7 Å². The second-order valence-corrected chi connectivity index (χ2v) is 9.63. The Kier molecular flexibility index (Phi) is 5.92. The van der Waals surface area contributed by atoms with E-state index >= 15 is 0 Å². The van der Waals surface area contributed by atoms with Crippen LogP contribution in [0.3, 0.4) is 0 Å². The lowest BCUT2D eigenvalue weighted by molar-refractivity contribution is -0.139. The zero-order valence-electron chi connectivity index (χ0n) is 19.4. The number of esters is 1. The van der Waals surface area contributed by atoms with Crippen molar-refractivity contribution in [1.82, 2.24) is 14.7 Å². The summed E-state index contributed by atoms with van der Waals surface area (Å²) < 4.78 is 39.6. The number of alkyl halides is 2. The number of aromatic nitrogens is 2. The summed E-state index contributed by atoms with van der Waals surface area (Å²) in [5.74, 6) is -3.82. The van der Waals surface area contributed by atoms with Crippen LogP contribution in [0.25, 0.3) is 5.69 Å². The molecule has 1 atom stereocenters. The van der Waals surface area contributed by atoms with Gasteiger partial charge in [0.1, 0.15) is 5.60 Å². The average molecular weight is 462 g/mol. The third-order valence-electron chi connectivity index (χ3n) is 6.15. The van der Waals surface area contributed by atoms with E-state index in [1.54, 1.807) is 33.8 Å². The van der Waals surface area contributed by atoms with Gasteiger partial charge in [0.15, 0.2) is 0 Å². The SMILES string of the molecule is COC(=O)Cc1nn(-c2ccc(C3CCC3(F)F)cc2)c2c1CN(C(=O)OC(C)(C)C)CC2. The Morgan fingerprint density at radius 3 is 2.45 bits per heavy atom. The molecular formula is C24H29F2N3O4. The molecule has 2 aliphatic rings. The Morgan fingerprint density at radius 1 is 1.21 bits per heavy atom. The zero-order valence-corrected chi connectivity index (χ0v) is 19.4. The number of rotatable bonds is 4. The van der Waals surface area contributed by atoms with E-state index in [1.807, 2.05) is 20.8 Å². The van der Waals surface area contributed by atoms with Gasteiger partial charge < -0.3 is 14.4 Å². The van der Waals surface area contributed by atoms with Gasteiger partial charge in [0.2, 0.25) is 0 Å². The Morgan fingerprint density at radius 2 is 1.91 bits per heavy atom. The molecule has 1 aromatic heterocycles. The Hall–Kier alpha value is -2.97. The van der Waals surface area contributed by atoms with E-state index in [2.05, 4.69) is 5.10 Å². The number of methoxy groups -OCH3 is 1. The smallest absolute Gasteiger partial charge is 0.410 e. The first-order chi connectivity index (χ1) is 15.5. The summed E-state index contributed by atoms with van der Waals surface area (Å²) in [6.45, 7) is 6.14. The number of carbonyl (C=O) groups excluding carboxylic acids is 2. The number of fused-ring (bicyclic) bond motifs is 1. The molecule has 2 aromatic rings. The molecule has 1 fully saturated rings. The first-order valence-electron chi connectivity index (χ1n) is 11.1. The number of hydrogen-bond acceptors (Lipinski definition) is 5. The van der Waals surface area contributed by atoms with Gasteiger partial charge in [-0.25, -0.2) is 18.3 Å². The summed E-state index contributed by atoms with van der Waals surface area (Å²) >= 11 is 0. The van der Waals surface area contributed by atoms with Crippen molar-refractivity contribution in [2.45, 2.75) is 70.4 Å². The molecule has 1 aromatic carbocycles. The van der Waals surface area contributed by atoms with Crippen LogP contribution in [0.15, 0.2) is 24.3 Å². The van der Waals surface area contributed by atoms with Crippen molar-refractivity contribution >= 4 is 12.1 Å². The molecule has 2 heterocycles. The predicted molar refractivity (Wildman–Crippen MR) is 117 cm³/mol. The predicted octanol–water partition coefficient (Wildman–Crippen LogP) is 4.39. The second-order valence-electron chi connectivity index (χ2n) is 9.63. The molecule has 0 N–H and O–H groups in total. The first kappa shape index (κ1) is 23.2. The third kappa shape index (κ3) is 4.72. The number of amides is 1. The van der Waals surface area contributed by atoms with Crippen molar-refractivity contribution in [1.29, 1.82) is 0 Å². The molecule has 1 amide bonds. The first-order valence-corrected chi connectivity index (χ1v) is 11.1. The lowest BCUT2D eigenvalue weighted by Crippen LogP contribution is -2.40. The molecule has 1 aliphatic carbocycles. The van der Waals surface area contributed by atoms with Crippen LogP contribution in [0.1, 0.15) is 62.0 Å². The Labute approximate surface area is 191 Å². The molecule has 178 valence electrons. The number of halogens is 2. The molecule has 0 saturated heterocycles. The number of carbonyl (C=O) groups is 2. The maximum absolute atomic E-state index is 13.8. The average Bonchev–Trinajstić information content (AvgIpc) is 3.10. The van der Waals surface area contributed by atoms with Gasteiger partial charge in [-0.05, 0) is 44.9 Å². The third-order valence-corrected chi connectivity index (χ3v) is 6.15. The topological polar surface area (TPSA) is 73.7 Å². The molecule has 1 aliphatic heterocycles. The molecule has 33 heavy (non-hydrogen) atoms. The molecule has 4 rings (SSSR count). The summed E-state index contributed by atoms with van der Waals surface area (Å²) in [5.41, 5.74) is 2.92. The minimum Gasteiger partial charge on any atom is -0.469 e. The summed E-state index contributed by atoms with van der Waals surface area (Å²) in [6.07, 6.45) is 0.478. The maximum atomic E-state index is 13.8. The highest BCUT2D eigenvalue weighted by Gasteiger charge is 2.48. The van der Waals surface area contributed by atoms with Crippen LogP contribution in [-0.4, -0.2) is 51.9 Å². The number of nitrogens with zero attached hydrogens (tertiary/aromatic N) is 3. The number of hydrogen-bond donors (Lipinski definition) is 0. The van der Waals surface area contributed by atoms with Crippen molar-refractivity contribution < 1.29 is 27.8 Å². The molecule has 1 saturated carbocycles. The molecule has 0 bridgehead atoms. The number of ether oxygens (including phenoxy) is 2. The van der Waals surface area contributed by atoms with Gasteiger partial charge in [-0.1, -0.05) is 12.1 Å². The fraction of sp³-hybridized carbons (Fsp3) is 0.542. The molecule has 1 unspecified atom stereocenters. The number of benzene rings is 1. The maximum Gasteiger partial charge on any atom is 0.410 e. The van der Waals surface area contributed by atoms with Crippen LogP contribution in [0.2, 0.25) is 0 Å². The standard InChI is InChI=1S/C24H29F2N3O4/c1-23(2,3)33-22(31)28-12-10-20-17(14-28)19(13-21(30)32-4)27-29(20)16-7-5-15(6-8-16)18-9-11-24(18,25)26/h5-8,18H,9-14H2,1-4H3. The summed E-state index contributed by atoms with van der Waals surface area (Å²) in [6, 6.07) is 6.99. The molecule has 9 heteroatoms. The van der Waals surface area contributed by atoms with Gasteiger partial charge in [0, 0.05) is 30.9 Å². The van der Waals surface area contributed by atoms with Crippen molar-refractivity contribution in [2.24, 2.45) is 0 Å². The van der Waals surface area contributed by atoms with Crippen LogP contribution in [0, 0.1) is 0 Å². The van der Waals surface area contributed by atoms with E-state index in [4.69, 9.17) is 9.47 Å². The van der Waals surface area contributed by atoms with Gasteiger partial charge in [-0.15, -0.1) is 0 Å². The largest absolute Gasteiger partial charge is 0.469 e. The van der Waals surface area contributed by atoms with Gasteiger partial charge in [-0.2, -0.15) is 5.10 Å². The highest BCUT2D eigenvalue weighted by molar-refractivity contribution is 5.73. The van der Waals surface area contributed by atoms with Crippen molar-refractivity contribution in [3.05, 3.63) is 46.8 Å². The van der Waals surface area contributed by atoms with Crippen molar-refractivity contribution in [3.63, 3.8) is 0 Å².